The van der Waals surface area contributed by atoms with E-state index in [0.29, 0.717) is 6.04 Å². The summed E-state index contributed by atoms with van der Waals surface area (Å²) < 4.78 is 0. The van der Waals surface area contributed by atoms with Crippen LogP contribution < -0.4 is 10.6 Å². The van der Waals surface area contributed by atoms with Crippen molar-refractivity contribution in [1.29, 1.82) is 0 Å². The van der Waals surface area contributed by atoms with Crippen LogP contribution in [0.2, 0.25) is 0 Å². The monoisotopic (exact) mass is 288 g/mol. The highest BCUT2D eigenvalue weighted by molar-refractivity contribution is 5.89. The minimum atomic E-state index is -0.0783. The van der Waals surface area contributed by atoms with Gasteiger partial charge >= 0.3 is 6.03 Å². The second kappa shape index (κ2) is 6.97. The molecule has 3 nitrogen and oxygen atoms in total. The van der Waals surface area contributed by atoms with Crippen LogP contribution in [0.3, 0.4) is 0 Å². The van der Waals surface area contributed by atoms with Gasteiger partial charge in [-0.1, -0.05) is 58.6 Å². The molecule has 0 heterocycles. The Kier molecular flexibility index (Phi) is 5.27. The molecule has 0 saturated heterocycles. The van der Waals surface area contributed by atoms with Gasteiger partial charge in [-0.05, 0) is 36.0 Å². The lowest BCUT2D eigenvalue weighted by atomic mass is 9.87. The molecule has 0 atom stereocenters. The molecule has 2 N–H and O–H groups in total. The van der Waals surface area contributed by atoms with E-state index in [9.17, 15) is 4.79 Å². The SMILES string of the molecule is CC(C)(C)c1ccc(NC(=O)NC2CCCCCC2)cc1. The van der Waals surface area contributed by atoms with Crippen molar-refractivity contribution in [2.24, 2.45) is 0 Å². The minimum absolute atomic E-state index is 0.0783. The molecule has 1 aromatic rings. The summed E-state index contributed by atoms with van der Waals surface area (Å²) in [6.07, 6.45) is 7.27. The summed E-state index contributed by atoms with van der Waals surface area (Å²) >= 11 is 0. The zero-order valence-electron chi connectivity index (χ0n) is 13.5. The van der Waals surface area contributed by atoms with E-state index < -0.39 is 0 Å². The van der Waals surface area contributed by atoms with Crippen molar-refractivity contribution in [2.45, 2.75) is 70.8 Å². The number of carbonyl (C=O) groups is 1. The van der Waals surface area contributed by atoms with Crippen LogP contribution in [0.1, 0.15) is 64.9 Å². The Labute approximate surface area is 128 Å². The minimum Gasteiger partial charge on any atom is -0.335 e. The quantitative estimate of drug-likeness (QED) is 0.752. The van der Waals surface area contributed by atoms with E-state index in [-0.39, 0.29) is 11.4 Å². The average Bonchev–Trinajstić information content (AvgIpc) is 2.67. The molecule has 1 fully saturated rings. The molecule has 1 aliphatic carbocycles. The van der Waals surface area contributed by atoms with Crippen LogP contribution >= 0.6 is 0 Å². The van der Waals surface area contributed by atoms with Crippen molar-refractivity contribution < 1.29 is 4.79 Å². The van der Waals surface area contributed by atoms with Crippen molar-refractivity contribution in [1.82, 2.24) is 5.32 Å². The van der Waals surface area contributed by atoms with Gasteiger partial charge in [-0.2, -0.15) is 0 Å². The van der Waals surface area contributed by atoms with Crippen LogP contribution in [0.15, 0.2) is 24.3 Å². The van der Waals surface area contributed by atoms with E-state index in [1.54, 1.807) is 0 Å². The zero-order valence-corrected chi connectivity index (χ0v) is 13.5. The second-order valence-electron chi connectivity index (χ2n) is 7.11. The number of rotatable bonds is 2. The first-order valence-electron chi connectivity index (χ1n) is 8.13. The zero-order chi connectivity index (χ0) is 15.3. The molecule has 0 bridgehead atoms. The normalized spacial score (nSPS) is 17.1. The highest BCUT2D eigenvalue weighted by Crippen LogP contribution is 2.23. The number of benzene rings is 1. The molecular weight excluding hydrogens is 260 g/mol. The van der Waals surface area contributed by atoms with Gasteiger partial charge in [0, 0.05) is 11.7 Å². The number of anilines is 1. The predicted octanol–water partition coefficient (Wildman–Crippen LogP) is 4.83. The largest absolute Gasteiger partial charge is 0.335 e. The first-order valence-corrected chi connectivity index (χ1v) is 8.13. The summed E-state index contributed by atoms with van der Waals surface area (Å²) in [6.45, 7) is 6.57. The summed E-state index contributed by atoms with van der Waals surface area (Å²) in [4.78, 5) is 12.1. The van der Waals surface area contributed by atoms with E-state index in [0.717, 1.165) is 18.5 Å². The van der Waals surface area contributed by atoms with Gasteiger partial charge in [0.05, 0.1) is 0 Å². The molecule has 3 heteroatoms. The van der Waals surface area contributed by atoms with Crippen LogP contribution in [0, 0.1) is 0 Å². The van der Waals surface area contributed by atoms with Crippen LogP contribution in [0.5, 0.6) is 0 Å². The number of nitrogens with one attached hydrogen (secondary N) is 2. The maximum absolute atomic E-state index is 12.1. The third kappa shape index (κ3) is 5.07. The van der Waals surface area contributed by atoms with Crippen molar-refractivity contribution in [2.75, 3.05) is 5.32 Å². The van der Waals surface area contributed by atoms with E-state index in [1.807, 2.05) is 12.1 Å². The van der Waals surface area contributed by atoms with Gasteiger partial charge in [0.25, 0.3) is 0 Å². The Balaban J connectivity index is 1.87. The molecule has 2 amide bonds. The molecule has 21 heavy (non-hydrogen) atoms. The van der Waals surface area contributed by atoms with Crippen molar-refractivity contribution in [3.63, 3.8) is 0 Å². The molecule has 0 spiro atoms. The molecule has 0 radical (unpaired) electrons. The first kappa shape index (κ1) is 15.9. The van der Waals surface area contributed by atoms with E-state index >= 15 is 0 Å². The molecule has 0 aliphatic heterocycles. The molecule has 2 rings (SSSR count). The first-order chi connectivity index (χ1) is 9.95. The fourth-order valence-corrected chi connectivity index (χ4v) is 2.83. The Morgan fingerprint density at radius 1 is 1.00 bits per heavy atom. The summed E-state index contributed by atoms with van der Waals surface area (Å²) in [7, 11) is 0. The average molecular weight is 288 g/mol. The number of carbonyl (C=O) groups excluding carboxylic acids is 1. The van der Waals surface area contributed by atoms with Crippen molar-refractivity contribution in [3.05, 3.63) is 29.8 Å². The van der Waals surface area contributed by atoms with Gasteiger partial charge < -0.3 is 10.6 Å². The fraction of sp³-hybridized carbons (Fsp3) is 0.611. The lowest BCUT2D eigenvalue weighted by Crippen LogP contribution is -2.37. The fourth-order valence-electron chi connectivity index (χ4n) is 2.83. The Morgan fingerprint density at radius 2 is 1.57 bits per heavy atom. The van der Waals surface area contributed by atoms with Crippen LogP contribution in [0.25, 0.3) is 0 Å². The third-order valence-electron chi connectivity index (χ3n) is 4.20. The van der Waals surface area contributed by atoms with Crippen LogP contribution in [-0.2, 0) is 5.41 Å². The molecular formula is C18H28N2O. The third-order valence-corrected chi connectivity index (χ3v) is 4.20. The Morgan fingerprint density at radius 3 is 2.10 bits per heavy atom. The van der Waals surface area contributed by atoms with Gasteiger partial charge in [0.2, 0.25) is 0 Å². The highest BCUT2D eigenvalue weighted by atomic mass is 16.2. The Bertz CT molecular complexity index is 451. The topological polar surface area (TPSA) is 41.1 Å². The lowest BCUT2D eigenvalue weighted by Gasteiger charge is -2.20. The summed E-state index contributed by atoms with van der Waals surface area (Å²) in [6, 6.07) is 8.38. The van der Waals surface area contributed by atoms with E-state index in [2.05, 4.69) is 43.5 Å². The number of hydrogen-bond donors (Lipinski definition) is 2. The van der Waals surface area contributed by atoms with Crippen LogP contribution in [-0.4, -0.2) is 12.1 Å². The van der Waals surface area contributed by atoms with E-state index in [1.165, 1.54) is 31.2 Å². The van der Waals surface area contributed by atoms with Gasteiger partial charge in [-0.15, -0.1) is 0 Å². The Hall–Kier alpha value is -1.51. The number of amides is 2. The number of urea groups is 1. The standard InChI is InChI=1S/C18H28N2O/c1-18(2,3)14-10-12-16(13-11-14)20-17(21)19-15-8-6-4-5-7-9-15/h10-13,15H,4-9H2,1-3H3,(H2,19,20,21). The summed E-state index contributed by atoms with van der Waals surface area (Å²) in [5, 5.41) is 6.04. The van der Waals surface area contributed by atoms with Gasteiger partial charge in [-0.25, -0.2) is 4.79 Å². The smallest absolute Gasteiger partial charge is 0.319 e. The van der Waals surface area contributed by atoms with Crippen molar-refractivity contribution >= 4 is 11.7 Å². The molecule has 1 aromatic carbocycles. The highest BCUT2D eigenvalue weighted by Gasteiger charge is 2.15. The van der Waals surface area contributed by atoms with Crippen LogP contribution in [0.4, 0.5) is 10.5 Å². The molecule has 1 saturated carbocycles. The maximum atomic E-state index is 12.1. The second-order valence-corrected chi connectivity index (χ2v) is 7.11. The van der Waals surface area contributed by atoms with Gasteiger partial charge in [0.1, 0.15) is 0 Å². The van der Waals surface area contributed by atoms with Gasteiger partial charge in [0.15, 0.2) is 0 Å². The number of hydrogen-bond acceptors (Lipinski definition) is 1. The lowest BCUT2D eigenvalue weighted by molar-refractivity contribution is 0.247. The molecule has 0 aromatic heterocycles. The molecule has 1 aliphatic rings. The summed E-state index contributed by atoms with van der Waals surface area (Å²) in [5.74, 6) is 0. The van der Waals surface area contributed by atoms with E-state index in [4.69, 9.17) is 0 Å². The molecule has 116 valence electrons. The summed E-state index contributed by atoms with van der Waals surface area (Å²) in [5.41, 5.74) is 2.27. The predicted molar refractivity (Wildman–Crippen MR) is 88.8 cm³/mol. The maximum Gasteiger partial charge on any atom is 0.319 e. The molecule has 0 unspecified atom stereocenters. The van der Waals surface area contributed by atoms with Gasteiger partial charge in [-0.3, -0.25) is 0 Å². The van der Waals surface area contributed by atoms with Crippen molar-refractivity contribution in [3.8, 4) is 0 Å².